The molecule has 3 aromatic rings. The Morgan fingerprint density at radius 1 is 1.15 bits per heavy atom. The molecule has 0 atom stereocenters. The summed E-state index contributed by atoms with van der Waals surface area (Å²) in [6.45, 7) is 0. The van der Waals surface area contributed by atoms with Crippen LogP contribution in [0.4, 0.5) is 5.69 Å². The predicted molar refractivity (Wildman–Crippen MR) is 86.3 cm³/mol. The quantitative estimate of drug-likeness (QED) is 0.699. The lowest BCUT2D eigenvalue weighted by Crippen LogP contribution is -1.95. The van der Waals surface area contributed by atoms with Crippen molar-refractivity contribution in [3.05, 3.63) is 50.2 Å². The van der Waals surface area contributed by atoms with Crippen molar-refractivity contribution in [3.63, 3.8) is 0 Å². The van der Waals surface area contributed by atoms with Gasteiger partial charge in [-0.25, -0.2) is 4.68 Å². The minimum atomic E-state index is 0.509. The first-order valence-corrected chi connectivity index (χ1v) is 7.61. The normalized spacial score (nSPS) is 10.9. The molecule has 0 saturated carbocycles. The Labute approximate surface area is 134 Å². The third-order valence-electron chi connectivity index (χ3n) is 2.74. The van der Waals surface area contributed by atoms with Crippen molar-refractivity contribution in [1.82, 2.24) is 9.78 Å². The molecule has 1 aromatic carbocycles. The zero-order valence-electron chi connectivity index (χ0n) is 9.98. The molecule has 0 amide bonds. The van der Waals surface area contributed by atoms with Gasteiger partial charge in [0.05, 0.1) is 26.9 Å². The summed E-state index contributed by atoms with van der Waals surface area (Å²) in [4.78, 5) is 0. The van der Waals surface area contributed by atoms with E-state index in [0.29, 0.717) is 25.8 Å². The predicted octanol–water partition coefficient (Wildman–Crippen LogP) is 5.14. The number of nitrogens with zero attached hydrogens (tertiary/aromatic N) is 2. The summed E-state index contributed by atoms with van der Waals surface area (Å²) in [6, 6.07) is 7.04. The number of benzene rings is 1. The summed E-state index contributed by atoms with van der Waals surface area (Å²) in [6.07, 6.45) is 1.72. The SMILES string of the molecule is Nc1cn(-c2ccc(Cl)cc2Cl)nc1-c1csc(Cl)c1. The summed E-state index contributed by atoms with van der Waals surface area (Å²) in [5, 5.41) is 7.46. The van der Waals surface area contributed by atoms with Crippen molar-refractivity contribution in [2.75, 3.05) is 5.73 Å². The molecule has 20 heavy (non-hydrogen) atoms. The van der Waals surface area contributed by atoms with Crippen molar-refractivity contribution in [2.24, 2.45) is 0 Å². The average molecular weight is 345 g/mol. The van der Waals surface area contributed by atoms with Gasteiger partial charge in [0, 0.05) is 16.0 Å². The highest BCUT2D eigenvalue weighted by Crippen LogP contribution is 2.33. The van der Waals surface area contributed by atoms with E-state index in [9.17, 15) is 0 Å². The lowest BCUT2D eigenvalue weighted by Gasteiger charge is -2.04. The summed E-state index contributed by atoms with van der Waals surface area (Å²) in [7, 11) is 0. The maximum Gasteiger partial charge on any atom is 0.117 e. The van der Waals surface area contributed by atoms with Crippen LogP contribution in [0, 0.1) is 0 Å². The van der Waals surface area contributed by atoms with E-state index in [2.05, 4.69) is 5.10 Å². The van der Waals surface area contributed by atoms with Crippen LogP contribution in [0.5, 0.6) is 0 Å². The first-order chi connectivity index (χ1) is 9.54. The molecular formula is C13H8Cl3N3S. The standard InChI is InChI=1S/C13H8Cl3N3S/c14-8-1-2-11(9(15)4-8)19-5-10(17)13(18-19)7-3-12(16)20-6-7/h1-6H,17H2. The van der Waals surface area contributed by atoms with Gasteiger partial charge in [-0.2, -0.15) is 5.10 Å². The van der Waals surface area contributed by atoms with Crippen LogP contribution >= 0.6 is 46.1 Å². The molecule has 3 nitrogen and oxygen atoms in total. The minimum absolute atomic E-state index is 0.509. The summed E-state index contributed by atoms with van der Waals surface area (Å²) >= 11 is 19.4. The van der Waals surface area contributed by atoms with Gasteiger partial charge in [0.15, 0.2) is 0 Å². The first-order valence-electron chi connectivity index (χ1n) is 5.59. The Morgan fingerprint density at radius 2 is 1.95 bits per heavy atom. The van der Waals surface area contributed by atoms with Gasteiger partial charge >= 0.3 is 0 Å². The number of hydrogen-bond acceptors (Lipinski definition) is 3. The van der Waals surface area contributed by atoms with Crippen LogP contribution in [0.1, 0.15) is 0 Å². The summed E-state index contributed by atoms with van der Waals surface area (Å²) in [5.74, 6) is 0. The van der Waals surface area contributed by atoms with Gasteiger partial charge in [0.2, 0.25) is 0 Å². The summed E-state index contributed by atoms with van der Waals surface area (Å²) in [5.41, 5.74) is 8.86. The number of aromatic nitrogens is 2. The van der Waals surface area contributed by atoms with Crippen molar-refractivity contribution in [3.8, 4) is 16.9 Å². The van der Waals surface area contributed by atoms with Crippen LogP contribution < -0.4 is 5.73 Å². The number of nitrogens with two attached hydrogens (primary N) is 1. The second kappa shape index (κ2) is 5.30. The lowest BCUT2D eigenvalue weighted by atomic mass is 10.2. The highest BCUT2D eigenvalue weighted by molar-refractivity contribution is 7.14. The molecule has 2 N–H and O–H groups in total. The summed E-state index contributed by atoms with van der Waals surface area (Å²) < 4.78 is 2.33. The van der Waals surface area contributed by atoms with E-state index in [4.69, 9.17) is 40.5 Å². The van der Waals surface area contributed by atoms with Crippen LogP contribution in [0.3, 0.4) is 0 Å². The number of nitrogen functional groups attached to an aromatic ring is 1. The van der Waals surface area contributed by atoms with Crippen LogP contribution in [0.2, 0.25) is 14.4 Å². The Kier molecular flexibility index (Phi) is 3.65. The largest absolute Gasteiger partial charge is 0.396 e. The Balaban J connectivity index is 2.08. The molecule has 102 valence electrons. The van der Waals surface area contributed by atoms with Crippen molar-refractivity contribution in [2.45, 2.75) is 0 Å². The van der Waals surface area contributed by atoms with Gasteiger partial charge in [-0.3, -0.25) is 0 Å². The number of halogens is 3. The van der Waals surface area contributed by atoms with E-state index >= 15 is 0 Å². The molecule has 2 heterocycles. The Hall–Kier alpha value is -1.20. The fourth-order valence-corrected chi connectivity index (χ4v) is 3.20. The number of rotatable bonds is 2. The Morgan fingerprint density at radius 3 is 2.60 bits per heavy atom. The third-order valence-corrected chi connectivity index (χ3v) is 4.37. The molecule has 0 aliphatic heterocycles. The van der Waals surface area contributed by atoms with Crippen LogP contribution in [0.15, 0.2) is 35.8 Å². The van der Waals surface area contributed by atoms with Crippen molar-refractivity contribution >= 4 is 51.8 Å². The monoisotopic (exact) mass is 343 g/mol. The molecule has 0 bridgehead atoms. The number of anilines is 1. The highest BCUT2D eigenvalue weighted by atomic mass is 35.5. The second-order valence-electron chi connectivity index (χ2n) is 4.11. The van der Waals surface area contributed by atoms with Crippen molar-refractivity contribution in [1.29, 1.82) is 0 Å². The minimum Gasteiger partial charge on any atom is -0.396 e. The number of thiophene rings is 1. The van der Waals surface area contributed by atoms with Gasteiger partial charge in [-0.1, -0.05) is 34.8 Å². The first kappa shape index (κ1) is 13.8. The van der Waals surface area contributed by atoms with Gasteiger partial charge < -0.3 is 5.73 Å². The topological polar surface area (TPSA) is 43.8 Å². The maximum atomic E-state index is 6.17. The maximum absolute atomic E-state index is 6.17. The molecule has 0 unspecified atom stereocenters. The van der Waals surface area contributed by atoms with E-state index in [-0.39, 0.29) is 0 Å². The van der Waals surface area contributed by atoms with Gasteiger partial charge in [-0.05, 0) is 24.3 Å². The van der Waals surface area contributed by atoms with Crippen molar-refractivity contribution < 1.29 is 0 Å². The van der Waals surface area contributed by atoms with E-state index in [1.807, 2.05) is 11.4 Å². The smallest absolute Gasteiger partial charge is 0.117 e. The molecule has 3 rings (SSSR count). The zero-order valence-corrected chi connectivity index (χ0v) is 13.1. The average Bonchev–Trinajstić information content (AvgIpc) is 2.95. The van der Waals surface area contributed by atoms with E-state index in [1.165, 1.54) is 11.3 Å². The number of hydrogen-bond donors (Lipinski definition) is 1. The van der Waals surface area contributed by atoms with E-state index in [1.54, 1.807) is 29.1 Å². The molecule has 0 radical (unpaired) electrons. The molecule has 0 aliphatic rings. The fraction of sp³-hybridized carbons (Fsp3) is 0. The van der Waals surface area contributed by atoms with E-state index < -0.39 is 0 Å². The Bertz CT molecular complexity index is 779. The van der Waals surface area contributed by atoms with Gasteiger partial charge in [-0.15, -0.1) is 11.3 Å². The van der Waals surface area contributed by atoms with Crippen LogP contribution in [-0.4, -0.2) is 9.78 Å². The van der Waals surface area contributed by atoms with Gasteiger partial charge in [0.25, 0.3) is 0 Å². The molecule has 7 heteroatoms. The molecular weight excluding hydrogens is 337 g/mol. The zero-order chi connectivity index (χ0) is 14.3. The molecule has 2 aromatic heterocycles. The van der Waals surface area contributed by atoms with Crippen LogP contribution in [0.25, 0.3) is 16.9 Å². The molecule has 0 spiro atoms. The second-order valence-corrected chi connectivity index (χ2v) is 6.50. The molecule has 0 fully saturated rings. The third kappa shape index (κ3) is 2.52. The van der Waals surface area contributed by atoms with Crippen LogP contribution in [-0.2, 0) is 0 Å². The molecule has 0 saturated heterocycles. The molecule has 0 aliphatic carbocycles. The fourth-order valence-electron chi connectivity index (χ4n) is 1.84. The highest BCUT2D eigenvalue weighted by Gasteiger charge is 2.13. The van der Waals surface area contributed by atoms with E-state index in [0.717, 1.165) is 11.3 Å². The van der Waals surface area contributed by atoms with Gasteiger partial charge in [0.1, 0.15) is 5.69 Å². The lowest BCUT2D eigenvalue weighted by molar-refractivity contribution is 0.885.